The minimum Gasteiger partial charge on any atom is -0.481 e. The third kappa shape index (κ3) is 3.26. The third-order valence-electron chi connectivity index (χ3n) is 3.66. The van der Waals surface area contributed by atoms with Crippen LogP contribution in [0.2, 0.25) is 0 Å². The molecule has 1 heterocycles. The number of aromatic nitrogens is 1. The summed E-state index contributed by atoms with van der Waals surface area (Å²) in [5, 5.41) is 11.8. The van der Waals surface area contributed by atoms with Gasteiger partial charge in [0.15, 0.2) is 0 Å². The molecule has 2 unspecified atom stereocenters. The molecule has 1 amide bonds. The zero-order valence-corrected chi connectivity index (χ0v) is 11.3. The van der Waals surface area contributed by atoms with E-state index in [0.29, 0.717) is 18.5 Å². The summed E-state index contributed by atoms with van der Waals surface area (Å²) in [7, 11) is 0. The predicted octanol–water partition coefficient (Wildman–Crippen LogP) is 1.06. The molecule has 0 saturated heterocycles. The Labute approximate surface area is 116 Å². The van der Waals surface area contributed by atoms with E-state index in [1.807, 2.05) is 0 Å². The number of carboxylic acid groups (broad SMARTS) is 1. The maximum absolute atomic E-state index is 12.0. The summed E-state index contributed by atoms with van der Waals surface area (Å²) in [6.07, 6.45) is 2.59. The Balaban J connectivity index is 2.04. The van der Waals surface area contributed by atoms with Crippen molar-refractivity contribution in [3.63, 3.8) is 0 Å². The lowest BCUT2D eigenvalue weighted by atomic mass is 9.85. The van der Waals surface area contributed by atoms with Gasteiger partial charge in [-0.1, -0.05) is 6.42 Å². The monoisotopic (exact) mass is 278 g/mol. The van der Waals surface area contributed by atoms with Gasteiger partial charge in [0, 0.05) is 11.7 Å². The highest BCUT2D eigenvalue weighted by Gasteiger charge is 2.28. The minimum atomic E-state index is -0.822. The van der Waals surface area contributed by atoms with Crippen LogP contribution in [-0.2, 0) is 4.79 Å². The van der Waals surface area contributed by atoms with Gasteiger partial charge in [-0.2, -0.15) is 0 Å². The molecular weight excluding hydrogens is 260 g/mol. The first-order chi connectivity index (χ1) is 9.47. The highest BCUT2D eigenvalue weighted by atomic mass is 16.4. The Hall–Kier alpha value is -2.11. The minimum absolute atomic E-state index is 0.0630. The summed E-state index contributed by atoms with van der Waals surface area (Å²) in [5.74, 6) is -1.68. The average Bonchev–Trinajstić information content (AvgIpc) is 2.38. The lowest BCUT2D eigenvalue weighted by molar-refractivity contribution is -0.143. The molecule has 3 N–H and O–H groups in total. The van der Waals surface area contributed by atoms with Gasteiger partial charge >= 0.3 is 5.97 Å². The summed E-state index contributed by atoms with van der Waals surface area (Å²) in [6.45, 7) is 1.74. The van der Waals surface area contributed by atoms with Gasteiger partial charge < -0.3 is 15.4 Å². The fraction of sp³-hybridized carbons (Fsp3) is 0.500. The van der Waals surface area contributed by atoms with Crippen molar-refractivity contribution >= 4 is 11.9 Å². The summed E-state index contributed by atoms with van der Waals surface area (Å²) in [6, 6.07) is 2.97. The molecule has 0 aromatic carbocycles. The topological polar surface area (TPSA) is 99.3 Å². The lowest BCUT2D eigenvalue weighted by Crippen LogP contribution is -2.41. The molecule has 0 bridgehead atoms. The second kappa shape index (κ2) is 5.90. The lowest BCUT2D eigenvalue weighted by Gasteiger charge is -2.27. The molecule has 0 radical (unpaired) electrons. The maximum atomic E-state index is 12.0. The van der Waals surface area contributed by atoms with E-state index >= 15 is 0 Å². The molecule has 1 aromatic rings. The quantitative estimate of drug-likeness (QED) is 0.769. The standard InChI is InChI=1S/C14H18N2O4/c1-8-5-6-11(12(17)15-8)13(18)16-10-4-2-3-9(7-10)14(19)20/h5-6,9-10H,2-4,7H2,1H3,(H,15,17)(H,16,18)(H,19,20). The van der Waals surface area contributed by atoms with E-state index in [1.165, 1.54) is 6.07 Å². The smallest absolute Gasteiger partial charge is 0.306 e. The van der Waals surface area contributed by atoms with E-state index in [4.69, 9.17) is 5.11 Å². The zero-order valence-electron chi connectivity index (χ0n) is 11.3. The predicted molar refractivity (Wildman–Crippen MR) is 72.6 cm³/mol. The van der Waals surface area contributed by atoms with Crippen molar-refractivity contribution in [2.45, 2.75) is 38.6 Å². The number of carbonyl (C=O) groups excluding carboxylic acids is 1. The van der Waals surface area contributed by atoms with Gasteiger partial charge in [-0.05, 0) is 38.3 Å². The molecule has 1 aromatic heterocycles. The van der Waals surface area contributed by atoms with E-state index in [1.54, 1.807) is 13.0 Å². The Kier molecular flexibility index (Phi) is 4.22. The number of H-pyrrole nitrogens is 1. The molecule has 2 rings (SSSR count). The molecule has 2 atom stereocenters. The first-order valence-electron chi connectivity index (χ1n) is 6.71. The van der Waals surface area contributed by atoms with Crippen molar-refractivity contribution in [2.75, 3.05) is 0 Å². The molecule has 1 fully saturated rings. The Bertz CT molecular complexity index is 579. The molecule has 0 spiro atoms. The van der Waals surface area contributed by atoms with Crippen LogP contribution in [0.15, 0.2) is 16.9 Å². The summed E-state index contributed by atoms with van der Waals surface area (Å²) in [4.78, 5) is 37.3. The third-order valence-corrected chi connectivity index (χ3v) is 3.66. The fourth-order valence-electron chi connectivity index (χ4n) is 2.56. The highest BCUT2D eigenvalue weighted by molar-refractivity contribution is 5.94. The van der Waals surface area contributed by atoms with Gasteiger partial charge in [-0.25, -0.2) is 0 Å². The number of hydrogen-bond acceptors (Lipinski definition) is 3. The molecule has 1 aliphatic carbocycles. The number of pyridine rings is 1. The van der Waals surface area contributed by atoms with Crippen LogP contribution in [0.4, 0.5) is 0 Å². The van der Waals surface area contributed by atoms with E-state index in [2.05, 4.69) is 10.3 Å². The molecule has 1 saturated carbocycles. The van der Waals surface area contributed by atoms with E-state index in [-0.39, 0.29) is 11.6 Å². The molecule has 20 heavy (non-hydrogen) atoms. The number of amides is 1. The van der Waals surface area contributed by atoms with E-state index < -0.39 is 23.4 Å². The van der Waals surface area contributed by atoms with Crippen molar-refractivity contribution < 1.29 is 14.7 Å². The molecule has 6 heteroatoms. The molecular formula is C14H18N2O4. The average molecular weight is 278 g/mol. The zero-order chi connectivity index (χ0) is 14.7. The summed E-state index contributed by atoms with van der Waals surface area (Å²) < 4.78 is 0. The number of rotatable bonds is 3. The van der Waals surface area contributed by atoms with Crippen molar-refractivity contribution in [2.24, 2.45) is 5.92 Å². The van der Waals surface area contributed by atoms with Crippen LogP contribution in [0.1, 0.15) is 41.7 Å². The van der Waals surface area contributed by atoms with Crippen LogP contribution in [-0.4, -0.2) is 28.0 Å². The van der Waals surface area contributed by atoms with Crippen LogP contribution in [0.5, 0.6) is 0 Å². The second-order valence-electron chi connectivity index (χ2n) is 5.26. The first-order valence-corrected chi connectivity index (χ1v) is 6.71. The van der Waals surface area contributed by atoms with Gasteiger partial charge in [0.1, 0.15) is 5.56 Å². The Morgan fingerprint density at radius 1 is 1.35 bits per heavy atom. The summed E-state index contributed by atoms with van der Waals surface area (Å²) >= 11 is 0. The van der Waals surface area contributed by atoms with Crippen molar-refractivity contribution in [3.8, 4) is 0 Å². The van der Waals surface area contributed by atoms with Crippen LogP contribution in [0, 0.1) is 12.8 Å². The number of carboxylic acids is 1. The number of aryl methyl sites for hydroxylation is 1. The van der Waals surface area contributed by atoms with Crippen molar-refractivity contribution in [3.05, 3.63) is 33.7 Å². The number of hydrogen-bond donors (Lipinski definition) is 3. The number of nitrogens with one attached hydrogen (secondary N) is 2. The number of aliphatic carboxylic acids is 1. The van der Waals surface area contributed by atoms with Gasteiger partial charge in [0.05, 0.1) is 5.92 Å². The van der Waals surface area contributed by atoms with Gasteiger partial charge in [-0.15, -0.1) is 0 Å². The Morgan fingerprint density at radius 2 is 2.10 bits per heavy atom. The van der Waals surface area contributed by atoms with Gasteiger partial charge in [0.25, 0.3) is 11.5 Å². The fourth-order valence-corrected chi connectivity index (χ4v) is 2.56. The summed E-state index contributed by atoms with van der Waals surface area (Å²) in [5.41, 5.74) is 0.330. The largest absolute Gasteiger partial charge is 0.481 e. The Morgan fingerprint density at radius 3 is 2.75 bits per heavy atom. The van der Waals surface area contributed by atoms with Gasteiger partial charge in [-0.3, -0.25) is 14.4 Å². The SMILES string of the molecule is Cc1ccc(C(=O)NC2CCCC(C(=O)O)C2)c(=O)[nH]1. The van der Waals surface area contributed by atoms with E-state index in [0.717, 1.165) is 12.8 Å². The van der Waals surface area contributed by atoms with Crippen molar-refractivity contribution in [1.29, 1.82) is 0 Å². The van der Waals surface area contributed by atoms with Crippen LogP contribution < -0.4 is 10.9 Å². The molecule has 0 aliphatic heterocycles. The number of carbonyl (C=O) groups is 2. The normalized spacial score (nSPS) is 22.2. The number of aromatic amines is 1. The van der Waals surface area contributed by atoms with E-state index in [9.17, 15) is 14.4 Å². The molecule has 108 valence electrons. The second-order valence-corrected chi connectivity index (χ2v) is 5.26. The van der Waals surface area contributed by atoms with Crippen LogP contribution >= 0.6 is 0 Å². The highest BCUT2D eigenvalue weighted by Crippen LogP contribution is 2.24. The van der Waals surface area contributed by atoms with Gasteiger partial charge in [0.2, 0.25) is 0 Å². The molecule has 6 nitrogen and oxygen atoms in total. The maximum Gasteiger partial charge on any atom is 0.306 e. The first kappa shape index (κ1) is 14.3. The van der Waals surface area contributed by atoms with Crippen molar-refractivity contribution in [1.82, 2.24) is 10.3 Å². The van der Waals surface area contributed by atoms with Crippen LogP contribution in [0.3, 0.4) is 0 Å². The molecule has 1 aliphatic rings. The van der Waals surface area contributed by atoms with Crippen LogP contribution in [0.25, 0.3) is 0 Å².